The second-order valence-corrected chi connectivity index (χ2v) is 8.44. The minimum atomic E-state index is 0.0718. The third-order valence-electron chi connectivity index (χ3n) is 4.83. The fourth-order valence-electron chi connectivity index (χ4n) is 3.39. The zero-order valence-corrected chi connectivity index (χ0v) is 18.1. The van der Waals surface area contributed by atoms with E-state index in [9.17, 15) is 4.79 Å². The van der Waals surface area contributed by atoms with Crippen molar-refractivity contribution in [1.82, 2.24) is 19.7 Å². The summed E-state index contributed by atoms with van der Waals surface area (Å²) in [6.07, 6.45) is 1.79. The first-order valence-electron chi connectivity index (χ1n) is 9.86. The average Bonchev–Trinajstić information content (AvgIpc) is 3.36. The van der Waals surface area contributed by atoms with Crippen molar-refractivity contribution in [2.45, 2.75) is 25.5 Å². The van der Waals surface area contributed by atoms with E-state index in [1.54, 1.807) is 13.3 Å². The van der Waals surface area contributed by atoms with Crippen molar-refractivity contribution < 1.29 is 9.53 Å². The van der Waals surface area contributed by atoms with Gasteiger partial charge < -0.3 is 14.3 Å². The topological polar surface area (TPSA) is 72.8 Å². The second kappa shape index (κ2) is 8.75. The Bertz CT molecular complexity index is 1160. The number of Topliss-reactive ketones (excluding diaryl/α,β-unsaturated/α-hetero) is 1. The van der Waals surface area contributed by atoms with Crippen LogP contribution >= 0.6 is 11.8 Å². The lowest BCUT2D eigenvalue weighted by atomic mass is 10.1. The number of methoxy groups -OCH3 is 1. The number of fused-ring (bicyclic) bond motifs is 1. The van der Waals surface area contributed by atoms with Crippen molar-refractivity contribution in [3.8, 4) is 17.1 Å². The van der Waals surface area contributed by atoms with Gasteiger partial charge in [0.05, 0.1) is 12.9 Å². The van der Waals surface area contributed by atoms with E-state index < -0.39 is 0 Å². The number of nitrogens with zero attached hydrogens (tertiary/aromatic N) is 3. The molecule has 30 heavy (non-hydrogen) atoms. The lowest BCUT2D eigenvalue weighted by Crippen LogP contribution is -2.09. The molecule has 4 aromatic rings. The number of nitrogens with one attached hydrogen (secondary N) is 1. The maximum atomic E-state index is 12.9. The molecule has 0 saturated carbocycles. The van der Waals surface area contributed by atoms with Crippen LogP contribution < -0.4 is 4.74 Å². The summed E-state index contributed by atoms with van der Waals surface area (Å²) in [6.45, 7) is 5.09. The average molecular weight is 421 g/mol. The highest BCUT2D eigenvalue weighted by Gasteiger charge is 2.18. The van der Waals surface area contributed by atoms with Crippen LogP contribution in [-0.2, 0) is 6.54 Å². The Morgan fingerprint density at radius 2 is 1.90 bits per heavy atom. The Kier molecular flexibility index (Phi) is 5.90. The molecular weight excluding hydrogens is 396 g/mol. The highest BCUT2D eigenvalue weighted by molar-refractivity contribution is 7.99. The third kappa shape index (κ3) is 4.11. The predicted molar refractivity (Wildman–Crippen MR) is 120 cm³/mol. The molecule has 6 nitrogen and oxygen atoms in total. The van der Waals surface area contributed by atoms with Crippen LogP contribution in [-0.4, -0.2) is 38.4 Å². The van der Waals surface area contributed by atoms with Gasteiger partial charge in [0.15, 0.2) is 16.8 Å². The van der Waals surface area contributed by atoms with Gasteiger partial charge in [0.1, 0.15) is 5.75 Å². The number of rotatable bonds is 8. The maximum Gasteiger partial charge on any atom is 0.191 e. The first kappa shape index (κ1) is 20.2. The van der Waals surface area contributed by atoms with Gasteiger partial charge >= 0.3 is 0 Å². The molecule has 154 valence electrons. The molecule has 7 heteroatoms. The van der Waals surface area contributed by atoms with Gasteiger partial charge in [-0.2, -0.15) is 0 Å². The second-order valence-electron chi connectivity index (χ2n) is 7.50. The summed E-state index contributed by atoms with van der Waals surface area (Å²) in [6, 6.07) is 15.6. The minimum absolute atomic E-state index is 0.0718. The number of aromatic amines is 1. The Labute approximate surface area is 179 Å². The molecule has 0 aliphatic heterocycles. The zero-order valence-electron chi connectivity index (χ0n) is 17.3. The normalized spacial score (nSPS) is 11.3. The first-order chi connectivity index (χ1) is 14.6. The van der Waals surface area contributed by atoms with Crippen LogP contribution in [0.25, 0.3) is 22.3 Å². The number of carbonyl (C=O) groups is 1. The van der Waals surface area contributed by atoms with Gasteiger partial charge in [0.25, 0.3) is 0 Å². The largest absolute Gasteiger partial charge is 0.497 e. The summed E-state index contributed by atoms with van der Waals surface area (Å²) in [7, 11) is 1.65. The Morgan fingerprint density at radius 1 is 1.13 bits per heavy atom. The van der Waals surface area contributed by atoms with E-state index in [4.69, 9.17) is 4.74 Å². The number of thioether (sulfide) groups is 1. The van der Waals surface area contributed by atoms with Gasteiger partial charge in [-0.05, 0) is 36.2 Å². The highest BCUT2D eigenvalue weighted by atomic mass is 32.2. The van der Waals surface area contributed by atoms with Crippen LogP contribution in [0.2, 0.25) is 0 Å². The third-order valence-corrected chi connectivity index (χ3v) is 5.80. The SMILES string of the molecule is COc1ccc(-c2nnc(SCC(=O)c3c[nH]c4ccccc34)n2CC(C)C)cc1. The van der Waals surface area contributed by atoms with Crippen LogP contribution in [0, 0.1) is 5.92 Å². The van der Waals surface area contributed by atoms with Crippen molar-refractivity contribution in [2.24, 2.45) is 5.92 Å². The van der Waals surface area contributed by atoms with Crippen LogP contribution in [0.4, 0.5) is 0 Å². The Morgan fingerprint density at radius 3 is 2.63 bits per heavy atom. The molecule has 0 spiro atoms. The standard InChI is InChI=1S/C23H24N4O2S/c1-15(2)13-27-22(16-8-10-17(29-3)11-9-16)25-26-23(27)30-14-21(28)19-12-24-20-7-5-4-6-18(19)20/h4-12,15,24H,13-14H2,1-3H3. The predicted octanol–water partition coefficient (Wildman–Crippen LogP) is 5.07. The van der Waals surface area contributed by atoms with Gasteiger partial charge in [0.2, 0.25) is 0 Å². The maximum absolute atomic E-state index is 12.9. The molecule has 0 saturated heterocycles. The monoisotopic (exact) mass is 420 g/mol. The van der Waals surface area contributed by atoms with Crippen molar-refractivity contribution in [1.29, 1.82) is 0 Å². The summed E-state index contributed by atoms with van der Waals surface area (Å²) in [5.41, 5.74) is 2.65. The quantitative estimate of drug-likeness (QED) is 0.318. The molecule has 0 unspecified atom stereocenters. The van der Waals surface area contributed by atoms with Crippen molar-refractivity contribution in [3.63, 3.8) is 0 Å². The molecule has 1 N–H and O–H groups in total. The molecule has 2 aromatic heterocycles. The van der Waals surface area contributed by atoms with Crippen molar-refractivity contribution in [2.75, 3.05) is 12.9 Å². The molecule has 0 fully saturated rings. The molecular formula is C23H24N4O2S. The van der Waals surface area contributed by atoms with Crippen LogP contribution in [0.1, 0.15) is 24.2 Å². The van der Waals surface area contributed by atoms with Gasteiger partial charge in [-0.15, -0.1) is 10.2 Å². The van der Waals surface area contributed by atoms with E-state index in [2.05, 4.69) is 33.6 Å². The molecule has 0 aliphatic carbocycles. The van der Waals surface area contributed by atoms with Gasteiger partial charge in [-0.3, -0.25) is 4.79 Å². The molecule has 2 aromatic carbocycles. The molecule has 0 atom stereocenters. The Balaban J connectivity index is 1.57. The van der Waals surface area contributed by atoms with Crippen molar-refractivity contribution in [3.05, 3.63) is 60.3 Å². The Hall–Kier alpha value is -3.06. The number of H-pyrrole nitrogens is 1. The van der Waals surface area contributed by atoms with Gasteiger partial charge in [-0.1, -0.05) is 43.8 Å². The van der Waals surface area contributed by atoms with Gasteiger partial charge in [0, 0.05) is 34.8 Å². The van der Waals surface area contributed by atoms with E-state index in [1.807, 2.05) is 48.5 Å². The number of aromatic nitrogens is 4. The molecule has 0 radical (unpaired) electrons. The first-order valence-corrected chi connectivity index (χ1v) is 10.8. The fourth-order valence-corrected chi connectivity index (χ4v) is 4.22. The van der Waals surface area contributed by atoms with E-state index in [-0.39, 0.29) is 5.78 Å². The van der Waals surface area contributed by atoms with E-state index in [1.165, 1.54) is 11.8 Å². The lowest BCUT2D eigenvalue weighted by Gasteiger charge is -2.12. The number of hydrogen-bond donors (Lipinski definition) is 1. The summed E-state index contributed by atoms with van der Waals surface area (Å²) in [5.74, 6) is 2.39. The highest BCUT2D eigenvalue weighted by Crippen LogP contribution is 2.28. The smallest absolute Gasteiger partial charge is 0.191 e. The number of benzene rings is 2. The molecule has 2 heterocycles. The number of ketones is 1. The van der Waals surface area contributed by atoms with E-state index in [0.717, 1.165) is 39.7 Å². The van der Waals surface area contributed by atoms with Gasteiger partial charge in [-0.25, -0.2) is 0 Å². The number of carbonyl (C=O) groups excluding carboxylic acids is 1. The van der Waals surface area contributed by atoms with E-state index in [0.29, 0.717) is 17.2 Å². The van der Waals surface area contributed by atoms with E-state index >= 15 is 0 Å². The summed E-state index contributed by atoms with van der Waals surface area (Å²) >= 11 is 1.43. The van der Waals surface area contributed by atoms with Crippen LogP contribution in [0.3, 0.4) is 0 Å². The summed E-state index contributed by atoms with van der Waals surface area (Å²) in [5, 5.41) is 10.5. The van der Waals surface area contributed by atoms with Crippen molar-refractivity contribution >= 4 is 28.4 Å². The molecule has 0 aliphatic rings. The molecule has 0 amide bonds. The van der Waals surface area contributed by atoms with Crippen LogP contribution in [0.5, 0.6) is 5.75 Å². The molecule has 0 bridgehead atoms. The minimum Gasteiger partial charge on any atom is -0.497 e. The number of para-hydroxylation sites is 1. The van der Waals surface area contributed by atoms with Crippen LogP contribution in [0.15, 0.2) is 59.9 Å². The fraction of sp³-hybridized carbons (Fsp3) is 0.261. The number of hydrogen-bond acceptors (Lipinski definition) is 5. The number of ether oxygens (including phenoxy) is 1. The lowest BCUT2D eigenvalue weighted by molar-refractivity contribution is 0.102. The summed E-state index contributed by atoms with van der Waals surface area (Å²) < 4.78 is 7.35. The zero-order chi connectivity index (χ0) is 21.1. The summed E-state index contributed by atoms with van der Waals surface area (Å²) in [4.78, 5) is 16.0. The molecule has 4 rings (SSSR count).